The van der Waals surface area contributed by atoms with Crippen LogP contribution in [0.4, 0.5) is 0 Å². The summed E-state index contributed by atoms with van der Waals surface area (Å²) in [6.07, 6.45) is 18.1. The van der Waals surface area contributed by atoms with E-state index in [4.69, 9.17) is 23.7 Å². The van der Waals surface area contributed by atoms with Gasteiger partial charge in [-0.3, -0.25) is 14.1 Å². The van der Waals surface area contributed by atoms with E-state index >= 15 is 0 Å². The minimum atomic E-state index is -5.30. The summed E-state index contributed by atoms with van der Waals surface area (Å²) in [6, 6.07) is 0. The molecule has 69 heavy (non-hydrogen) atoms. The van der Waals surface area contributed by atoms with Crippen LogP contribution in [-0.2, 0) is 47.9 Å². The molecule has 408 valence electrons. The maximum Gasteiger partial charge on any atom is 0.397 e. The van der Waals surface area contributed by atoms with Crippen LogP contribution in [0.3, 0.4) is 0 Å². The van der Waals surface area contributed by atoms with E-state index in [0.717, 1.165) is 44.9 Å². The van der Waals surface area contributed by atoms with Crippen molar-refractivity contribution in [3.8, 4) is 0 Å². The molecule has 0 aromatic rings. The predicted molar refractivity (Wildman–Crippen MR) is 264 cm³/mol. The highest BCUT2D eigenvalue weighted by Gasteiger charge is 2.54. The second kappa shape index (κ2) is 38.1. The molecular weight excluding hydrogens is 913 g/mol. The first-order valence-electron chi connectivity index (χ1n) is 27.4. The zero-order valence-corrected chi connectivity index (χ0v) is 44.0. The van der Waals surface area contributed by atoms with Crippen LogP contribution in [0.2, 0.25) is 0 Å². The fourth-order valence-electron chi connectivity index (χ4n) is 9.56. The molecule has 2 aliphatic rings. The monoisotopic (exact) mass is 1010 g/mol. The van der Waals surface area contributed by atoms with Gasteiger partial charge >= 0.3 is 22.3 Å². The maximum absolute atomic E-state index is 13.8. The molecule has 0 bridgehead atoms. The van der Waals surface area contributed by atoms with E-state index in [1.807, 2.05) is 0 Å². The Bertz CT molecular complexity index is 1400. The number of hydrogen-bond donors (Lipinski definition) is 6. The van der Waals surface area contributed by atoms with Crippen LogP contribution in [0.5, 0.6) is 0 Å². The van der Waals surface area contributed by atoms with Crippen LogP contribution < -0.4 is 0 Å². The summed E-state index contributed by atoms with van der Waals surface area (Å²) in [6.45, 7) is 6.56. The summed E-state index contributed by atoms with van der Waals surface area (Å²) >= 11 is 0. The SMILES string of the molecule is CCCCCCCCCCCCCCCCCC[C@H](C)C[C@H](C)C(=O)O[C@H]1[C@H](O)[C@@H](CO)O[C@H](O[C@H]2O[C@H](CO)[C@@H](O)[C@H](O)[C@H]2OS(=O)(=O)O)[C@@H]1OC(=O)CCCCCCCCCCCCCCC. The molecule has 2 saturated heterocycles. The minimum Gasteiger partial charge on any atom is -0.455 e. The lowest BCUT2D eigenvalue weighted by atomic mass is 9.92. The third-order valence-electron chi connectivity index (χ3n) is 13.8. The fourth-order valence-corrected chi connectivity index (χ4v) is 10.0. The van der Waals surface area contributed by atoms with E-state index in [9.17, 15) is 48.1 Å². The predicted octanol–water partition coefficient (Wildman–Crippen LogP) is 9.33. The Labute approximate surface area is 416 Å². The molecule has 2 heterocycles. The van der Waals surface area contributed by atoms with E-state index in [1.165, 1.54) is 141 Å². The quantitative estimate of drug-likeness (QED) is 0.0189. The number of carbonyl (C=O) groups excluding carboxylic acids is 2. The standard InChI is InChI=1S/C52H98O16S/c1-5-7-9-11-13-15-17-19-20-21-23-24-26-28-30-32-34-39(3)36-40(4)50(59)66-47-45(57)42(38-54)64-52(67-51-48(68-69(60,61)62)46(58)44(56)41(37-53)63-51)49(47)65-43(55)35-33-31-29-27-25-22-18-16-14-12-10-8-6-2/h39-42,44-49,51-54,56-58H,5-38H2,1-4H3,(H,60,61,62)/t39-,40-,41+,42+,44+,45+,46-,47-,48+,49+,51+,52+/m0/s1. The molecule has 16 nitrogen and oxygen atoms in total. The van der Waals surface area contributed by atoms with Crippen LogP contribution >= 0.6 is 0 Å². The van der Waals surface area contributed by atoms with Crippen LogP contribution in [0.15, 0.2) is 0 Å². The van der Waals surface area contributed by atoms with E-state index in [-0.39, 0.29) is 12.3 Å². The summed E-state index contributed by atoms with van der Waals surface area (Å²) in [5.74, 6) is -1.90. The average molecular weight is 1010 g/mol. The Morgan fingerprint density at radius 2 is 0.913 bits per heavy atom. The summed E-state index contributed by atoms with van der Waals surface area (Å²) in [5.41, 5.74) is 0. The molecule has 12 atom stereocenters. The van der Waals surface area contributed by atoms with Crippen LogP contribution in [0.25, 0.3) is 0 Å². The number of unbranched alkanes of at least 4 members (excludes halogenated alkanes) is 27. The zero-order valence-electron chi connectivity index (χ0n) is 43.1. The highest BCUT2D eigenvalue weighted by molar-refractivity contribution is 7.80. The average Bonchev–Trinajstić information content (AvgIpc) is 3.31. The van der Waals surface area contributed by atoms with Crippen LogP contribution in [-0.4, -0.2) is 125 Å². The van der Waals surface area contributed by atoms with Gasteiger partial charge in [0, 0.05) is 6.42 Å². The summed E-state index contributed by atoms with van der Waals surface area (Å²) in [7, 11) is -5.30. The number of aliphatic hydroxyl groups is 5. The van der Waals surface area contributed by atoms with Crippen molar-refractivity contribution < 1.29 is 76.0 Å². The van der Waals surface area contributed by atoms with Gasteiger partial charge in [0.15, 0.2) is 24.6 Å². The van der Waals surface area contributed by atoms with E-state index < -0.39 is 103 Å². The van der Waals surface area contributed by atoms with Gasteiger partial charge in [0.2, 0.25) is 6.29 Å². The van der Waals surface area contributed by atoms with Crippen molar-refractivity contribution >= 4 is 22.3 Å². The highest BCUT2D eigenvalue weighted by atomic mass is 32.3. The topological polar surface area (TPSA) is 245 Å². The largest absolute Gasteiger partial charge is 0.455 e. The number of rotatable bonds is 42. The molecule has 2 aliphatic heterocycles. The van der Waals surface area contributed by atoms with Crippen molar-refractivity contribution in [1.29, 1.82) is 0 Å². The molecule has 2 fully saturated rings. The van der Waals surface area contributed by atoms with Crippen molar-refractivity contribution in [1.82, 2.24) is 0 Å². The molecule has 17 heteroatoms. The Morgan fingerprint density at radius 3 is 1.33 bits per heavy atom. The third-order valence-corrected chi connectivity index (χ3v) is 14.3. The van der Waals surface area contributed by atoms with Gasteiger partial charge in [-0.05, 0) is 18.8 Å². The molecule has 0 aromatic heterocycles. The molecule has 0 saturated carbocycles. The number of esters is 2. The van der Waals surface area contributed by atoms with Gasteiger partial charge in [-0.2, -0.15) is 8.42 Å². The van der Waals surface area contributed by atoms with E-state index in [0.29, 0.717) is 12.8 Å². The minimum absolute atomic E-state index is 0.0413. The lowest BCUT2D eigenvalue weighted by molar-refractivity contribution is -0.374. The first kappa shape index (κ1) is 63.6. The highest BCUT2D eigenvalue weighted by Crippen LogP contribution is 2.34. The Balaban J connectivity index is 2.01. The van der Waals surface area contributed by atoms with Crippen LogP contribution in [0, 0.1) is 11.8 Å². The fraction of sp³-hybridized carbons (Fsp3) is 0.962. The maximum atomic E-state index is 13.8. The second-order valence-electron chi connectivity index (χ2n) is 20.2. The molecule has 0 amide bonds. The van der Waals surface area contributed by atoms with Gasteiger partial charge in [0.25, 0.3) is 0 Å². The smallest absolute Gasteiger partial charge is 0.397 e. The third kappa shape index (κ3) is 27.4. The summed E-state index contributed by atoms with van der Waals surface area (Å²) in [4.78, 5) is 27.2. The van der Waals surface area contributed by atoms with E-state index in [2.05, 4.69) is 25.0 Å². The molecule has 6 N–H and O–H groups in total. The van der Waals surface area contributed by atoms with Gasteiger partial charge in [-0.15, -0.1) is 0 Å². The normalized spacial score (nSPS) is 26.2. The number of hydrogen-bond acceptors (Lipinski definition) is 15. The first-order valence-corrected chi connectivity index (χ1v) is 28.8. The molecule has 2 rings (SSSR count). The van der Waals surface area contributed by atoms with Crippen molar-refractivity contribution in [3.05, 3.63) is 0 Å². The van der Waals surface area contributed by atoms with Crippen molar-refractivity contribution in [3.63, 3.8) is 0 Å². The van der Waals surface area contributed by atoms with Gasteiger partial charge in [0.05, 0.1) is 19.1 Å². The summed E-state index contributed by atoms with van der Waals surface area (Å²) in [5, 5.41) is 52.8. The lowest BCUT2D eigenvalue weighted by Crippen LogP contribution is -2.65. The number of carbonyl (C=O) groups is 2. The van der Waals surface area contributed by atoms with Gasteiger partial charge < -0.3 is 49.2 Å². The molecule has 0 unspecified atom stereocenters. The Kier molecular flexibility index (Phi) is 35.1. The van der Waals surface area contributed by atoms with Crippen molar-refractivity contribution in [2.45, 2.75) is 295 Å². The van der Waals surface area contributed by atoms with Gasteiger partial charge in [0.1, 0.15) is 30.5 Å². The van der Waals surface area contributed by atoms with Gasteiger partial charge in [-0.25, -0.2) is 4.18 Å². The number of ether oxygens (including phenoxy) is 5. The molecule has 0 radical (unpaired) electrons. The Morgan fingerprint density at radius 1 is 0.522 bits per heavy atom. The zero-order chi connectivity index (χ0) is 50.9. The second-order valence-corrected chi connectivity index (χ2v) is 21.3. The van der Waals surface area contributed by atoms with Crippen LogP contribution in [0.1, 0.15) is 233 Å². The molecule has 0 spiro atoms. The molecule has 0 aliphatic carbocycles. The number of aliphatic hydroxyl groups excluding tert-OH is 5. The lowest BCUT2D eigenvalue weighted by Gasteiger charge is -2.46. The van der Waals surface area contributed by atoms with Crippen molar-refractivity contribution in [2.75, 3.05) is 13.2 Å². The van der Waals surface area contributed by atoms with Crippen molar-refractivity contribution in [2.24, 2.45) is 11.8 Å². The molecular formula is C52H98O16S. The van der Waals surface area contributed by atoms with E-state index in [1.54, 1.807) is 6.92 Å². The van der Waals surface area contributed by atoms with Gasteiger partial charge in [-0.1, -0.05) is 214 Å². The summed E-state index contributed by atoms with van der Waals surface area (Å²) < 4.78 is 66.7. The molecule has 0 aromatic carbocycles. The first-order chi connectivity index (χ1) is 33.2. The Hall–Kier alpha value is -1.51.